The molecule has 0 spiro atoms. The van der Waals surface area contributed by atoms with Crippen LogP contribution in [0.5, 0.6) is 0 Å². The van der Waals surface area contributed by atoms with Crippen LogP contribution in [-0.4, -0.2) is 5.11 Å². The van der Waals surface area contributed by atoms with Crippen LogP contribution < -0.4 is 0 Å². The molecule has 0 fully saturated rings. The second-order valence-electron chi connectivity index (χ2n) is 3.51. The minimum atomic E-state index is -0.496. The molecule has 84 valence electrons. The predicted molar refractivity (Wildman–Crippen MR) is 72.1 cm³/mol. The average Bonchev–Trinajstić information content (AvgIpc) is 2.64. The highest BCUT2D eigenvalue weighted by molar-refractivity contribution is 9.10. The van der Waals surface area contributed by atoms with Gasteiger partial charge in [0.25, 0.3) is 0 Å². The van der Waals surface area contributed by atoms with Crippen LogP contribution in [0.4, 0.5) is 0 Å². The van der Waals surface area contributed by atoms with Crippen LogP contribution in [0, 0.1) is 0 Å². The van der Waals surface area contributed by atoms with Crippen LogP contribution in [0.1, 0.15) is 16.5 Å². The van der Waals surface area contributed by atoms with E-state index < -0.39 is 6.10 Å². The van der Waals surface area contributed by atoms with Crippen molar-refractivity contribution >= 4 is 38.9 Å². The first-order chi connectivity index (χ1) is 7.65. The van der Waals surface area contributed by atoms with Gasteiger partial charge in [-0.1, -0.05) is 23.7 Å². The van der Waals surface area contributed by atoms with Crippen LogP contribution >= 0.6 is 38.9 Å². The summed E-state index contributed by atoms with van der Waals surface area (Å²) < 4.78 is 1.06. The van der Waals surface area contributed by atoms with Gasteiger partial charge >= 0.3 is 0 Å². The first-order valence-electron chi connectivity index (χ1n) is 4.81. The fourth-order valence-corrected chi connectivity index (χ4v) is 3.17. The molecule has 4 heteroatoms. The Balaban J connectivity index is 2.11. The maximum Gasteiger partial charge on any atom is 0.0838 e. The molecule has 0 saturated carbocycles. The van der Waals surface area contributed by atoms with Crippen LogP contribution in [0.25, 0.3) is 0 Å². The van der Waals surface area contributed by atoms with E-state index in [9.17, 15) is 5.11 Å². The van der Waals surface area contributed by atoms with Gasteiger partial charge in [0.2, 0.25) is 0 Å². The largest absolute Gasteiger partial charge is 0.388 e. The van der Waals surface area contributed by atoms with Crippen molar-refractivity contribution in [2.24, 2.45) is 0 Å². The second kappa shape index (κ2) is 5.32. The van der Waals surface area contributed by atoms with Crippen molar-refractivity contribution in [1.29, 1.82) is 0 Å². The first-order valence-corrected chi connectivity index (χ1v) is 6.86. The zero-order chi connectivity index (χ0) is 11.5. The highest BCUT2D eigenvalue weighted by Gasteiger charge is 2.10. The second-order valence-corrected chi connectivity index (χ2v) is 5.85. The highest BCUT2D eigenvalue weighted by atomic mass is 79.9. The molecule has 1 atom stereocenters. The van der Waals surface area contributed by atoms with E-state index >= 15 is 0 Å². The van der Waals surface area contributed by atoms with Crippen LogP contribution in [0.2, 0.25) is 5.02 Å². The Hall–Kier alpha value is -0.350. The zero-order valence-corrected chi connectivity index (χ0v) is 11.5. The van der Waals surface area contributed by atoms with Crippen LogP contribution in [0.15, 0.2) is 40.2 Å². The summed E-state index contributed by atoms with van der Waals surface area (Å²) in [6.45, 7) is 0. The first kappa shape index (κ1) is 12.1. The fraction of sp³-hybridized carbons (Fsp3) is 0.167. The van der Waals surface area contributed by atoms with E-state index in [-0.39, 0.29) is 0 Å². The molecule has 1 aromatic heterocycles. The van der Waals surface area contributed by atoms with Gasteiger partial charge in [-0.05, 0) is 39.7 Å². The van der Waals surface area contributed by atoms with Crippen molar-refractivity contribution in [3.05, 3.63) is 55.6 Å². The van der Waals surface area contributed by atoms with E-state index in [1.54, 1.807) is 23.5 Å². The maximum atomic E-state index is 10.0. The average molecular weight is 318 g/mol. The summed E-state index contributed by atoms with van der Waals surface area (Å²) in [6.07, 6.45) is 0.126. The molecule has 0 aliphatic rings. The van der Waals surface area contributed by atoms with E-state index in [0.29, 0.717) is 11.4 Å². The molecule has 0 saturated heterocycles. The Kier molecular flexibility index (Phi) is 4.03. The van der Waals surface area contributed by atoms with E-state index in [4.69, 9.17) is 11.6 Å². The van der Waals surface area contributed by atoms with Gasteiger partial charge in [-0.3, -0.25) is 0 Å². The summed E-state index contributed by atoms with van der Waals surface area (Å²) in [5.41, 5.74) is 0.858. The third-order valence-corrected chi connectivity index (χ3v) is 4.20. The van der Waals surface area contributed by atoms with Crippen molar-refractivity contribution in [1.82, 2.24) is 0 Å². The molecule has 2 rings (SSSR count). The normalized spacial score (nSPS) is 12.7. The van der Waals surface area contributed by atoms with Gasteiger partial charge in [0.1, 0.15) is 0 Å². The zero-order valence-electron chi connectivity index (χ0n) is 8.36. The monoisotopic (exact) mass is 316 g/mol. The van der Waals surface area contributed by atoms with Crippen molar-refractivity contribution in [3.63, 3.8) is 0 Å². The topological polar surface area (TPSA) is 20.2 Å². The molecule has 0 aliphatic carbocycles. The molecule has 1 unspecified atom stereocenters. The minimum absolute atomic E-state index is 0.496. The SMILES string of the molecule is OC(Cc1cc(Br)cs1)c1cccc(Cl)c1. The Morgan fingerprint density at radius 1 is 1.38 bits per heavy atom. The molecular weight excluding hydrogens is 308 g/mol. The number of halogens is 2. The molecule has 1 N–H and O–H groups in total. The number of aliphatic hydroxyl groups excluding tert-OH is 1. The lowest BCUT2D eigenvalue weighted by molar-refractivity contribution is 0.179. The third kappa shape index (κ3) is 3.08. The van der Waals surface area contributed by atoms with Crippen LogP contribution in [-0.2, 0) is 6.42 Å². The lowest BCUT2D eigenvalue weighted by Crippen LogP contribution is -2.00. The molecule has 1 aromatic carbocycles. The quantitative estimate of drug-likeness (QED) is 0.887. The highest BCUT2D eigenvalue weighted by Crippen LogP contribution is 2.26. The van der Waals surface area contributed by atoms with Crippen molar-refractivity contribution in [2.45, 2.75) is 12.5 Å². The number of hydrogen-bond acceptors (Lipinski definition) is 2. The van der Waals surface area contributed by atoms with E-state index in [2.05, 4.69) is 15.9 Å². The van der Waals surface area contributed by atoms with Gasteiger partial charge in [-0.25, -0.2) is 0 Å². The molecular formula is C12H10BrClOS. The van der Waals surface area contributed by atoms with Crippen molar-refractivity contribution < 1.29 is 5.11 Å². The lowest BCUT2D eigenvalue weighted by Gasteiger charge is -2.09. The molecule has 16 heavy (non-hydrogen) atoms. The van der Waals surface area contributed by atoms with Crippen molar-refractivity contribution in [3.8, 4) is 0 Å². The van der Waals surface area contributed by atoms with E-state index in [0.717, 1.165) is 14.9 Å². The van der Waals surface area contributed by atoms with Gasteiger partial charge in [-0.2, -0.15) is 0 Å². The number of aliphatic hydroxyl groups is 1. The predicted octanol–water partition coefficient (Wildman–Crippen LogP) is 4.44. The standard InChI is InChI=1S/C12H10BrClOS/c13-9-5-11(16-7-9)6-12(15)8-2-1-3-10(14)4-8/h1-5,7,12,15H,6H2. The molecule has 1 nitrogen and oxygen atoms in total. The van der Waals surface area contributed by atoms with Gasteiger partial charge in [-0.15, -0.1) is 11.3 Å². The maximum absolute atomic E-state index is 10.0. The Bertz CT molecular complexity index is 483. The lowest BCUT2D eigenvalue weighted by atomic mass is 10.1. The van der Waals surface area contributed by atoms with E-state index in [1.807, 2.05) is 23.6 Å². The number of rotatable bonds is 3. The minimum Gasteiger partial charge on any atom is -0.388 e. The smallest absolute Gasteiger partial charge is 0.0838 e. The third-order valence-electron chi connectivity index (χ3n) is 2.25. The summed E-state index contributed by atoms with van der Waals surface area (Å²) in [6, 6.07) is 9.37. The van der Waals surface area contributed by atoms with Gasteiger partial charge in [0.05, 0.1) is 6.10 Å². The molecule has 1 heterocycles. The molecule has 0 radical (unpaired) electrons. The fourth-order valence-electron chi connectivity index (χ4n) is 1.48. The van der Waals surface area contributed by atoms with E-state index in [1.165, 1.54) is 0 Å². The number of hydrogen-bond donors (Lipinski definition) is 1. The Morgan fingerprint density at radius 2 is 2.19 bits per heavy atom. The number of thiophene rings is 1. The molecule has 0 amide bonds. The summed E-state index contributed by atoms with van der Waals surface area (Å²) in [4.78, 5) is 1.15. The Morgan fingerprint density at radius 3 is 2.81 bits per heavy atom. The van der Waals surface area contributed by atoms with Crippen LogP contribution in [0.3, 0.4) is 0 Å². The molecule has 0 aliphatic heterocycles. The molecule has 2 aromatic rings. The van der Waals surface area contributed by atoms with Crippen molar-refractivity contribution in [2.75, 3.05) is 0 Å². The summed E-state index contributed by atoms with van der Waals surface area (Å²) in [5.74, 6) is 0. The van der Waals surface area contributed by atoms with Gasteiger partial charge in [0, 0.05) is 26.2 Å². The summed E-state index contributed by atoms with van der Waals surface area (Å²) in [7, 11) is 0. The van der Waals surface area contributed by atoms with Gasteiger partial charge in [0.15, 0.2) is 0 Å². The Labute approximate surface area is 112 Å². The summed E-state index contributed by atoms with van der Waals surface area (Å²) in [5, 5.41) is 12.7. The summed E-state index contributed by atoms with van der Waals surface area (Å²) >= 11 is 10.9. The number of benzene rings is 1. The van der Waals surface area contributed by atoms with Gasteiger partial charge < -0.3 is 5.11 Å². The molecule has 0 bridgehead atoms.